The summed E-state index contributed by atoms with van der Waals surface area (Å²) < 4.78 is 30.6. The second kappa shape index (κ2) is 48.8. The first-order chi connectivity index (χ1) is 33.4. The van der Waals surface area contributed by atoms with E-state index in [4.69, 9.17) is 13.8 Å². The molecule has 0 heterocycles. The van der Waals surface area contributed by atoms with E-state index in [0.717, 1.165) is 64.2 Å². The molecule has 0 aliphatic rings. The molecule has 10 heteroatoms. The lowest BCUT2D eigenvalue weighted by atomic mass is 10.0. The van der Waals surface area contributed by atoms with Gasteiger partial charge < -0.3 is 19.4 Å². The van der Waals surface area contributed by atoms with Gasteiger partial charge in [-0.3, -0.25) is 18.6 Å². The summed E-state index contributed by atoms with van der Waals surface area (Å²) in [6, 6.07) is -0.872. The average Bonchev–Trinajstić information content (AvgIpc) is 3.31. The van der Waals surface area contributed by atoms with Crippen LogP contribution in [0.25, 0.3) is 0 Å². The molecule has 0 rings (SSSR count). The largest absolute Gasteiger partial charge is 0.472 e. The molecule has 1 amide bonds. The Balaban J connectivity index is 5.49. The highest BCUT2D eigenvalue weighted by atomic mass is 31.2. The molecule has 0 saturated carbocycles. The summed E-state index contributed by atoms with van der Waals surface area (Å²) >= 11 is 0. The fraction of sp³-hybridized carbons (Fsp3) is 0.729. The molecular formula is C59H106N2O7P+. The van der Waals surface area contributed by atoms with Crippen LogP contribution >= 0.6 is 7.82 Å². The number of allylic oxidation sites excluding steroid dienone is 13. The van der Waals surface area contributed by atoms with E-state index in [9.17, 15) is 19.0 Å². The molecule has 0 aromatic heterocycles. The third kappa shape index (κ3) is 49.9. The highest BCUT2D eigenvalue weighted by Gasteiger charge is 2.30. The van der Waals surface area contributed by atoms with Crippen LogP contribution in [0.15, 0.2) is 85.1 Å². The fourth-order valence-electron chi connectivity index (χ4n) is 7.68. The molecular weight excluding hydrogens is 880 g/mol. The second-order valence-corrected chi connectivity index (χ2v) is 21.3. The Labute approximate surface area is 425 Å². The normalized spacial score (nSPS) is 14.5. The van der Waals surface area contributed by atoms with Crippen molar-refractivity contribution in [3.8, 4) is 0 Å². The van der Waals surface area contributed by atoms with Crippen LogP contribution in [0.2, 0.25) is 0 Å². The van der Waals surface area contributed by atoms with E-state index in [1.807, 2.05) is 94.1 Å². The number of carbonyl (C=O) groups excluding carboxylic acids is 2. The summed E-state index contributed by atoms with van der Waals surface area (Å²) in [5, 5.41) is 3.02. The molecule has 0 saturated heterocycles. The van der Waals surface area contributed by atoms with Crippen molar-refractivity contribution in [3.63, 3.8) is 0 Å². The van der Waals surface area contributed by atoms with Gasteiger partial charge >= 0.3 is 13.8 Å². The molecule has 0 spiro atoms. The number of ether oxygens (including phenoxy) is 1. The molecule has 0 aliphatic carbocycles. The van der Waals surface area contributed by atoms with Crippen molar-refractivity contribution < 1.29 is 37.3 Å². The highest BCUT2D eigenvalue weighted by Crippen LogP contribution is 2.43. The third-order valence-electron chi connectivity index (χ3n) is 12.0. The molecule has 0 fully saturated rings. The third-order valence-corrected chi connectivity index (χ3v) is 13.0. The van der Waals surface area contributed by atoms with Crippen molar-refractivity contribution >= 4 is 19.7 Å². The number of unbranched alkanes of at least 4 members (excludes halogenated alkanes) is 26. The van der Waals surface area contributed by atoms with Crippen LogP contribution < -0.4 is 5.32 Å². The van der Waals surface area contributed by atoms with Crippen LogP contribution in [-0.4, -0.2) is 74.3 Å². The van der Waals surface area contributed by atoms with Crippen LogP contribution in [0.4, 0.5) is 0 Å². The number of quaternary nitrogens is 1. The first-order valence-electron chi connectivity index (χ1n) is 28.0. The Morgan fingerprint density at radius 1 is 0.522 bits per heavy atom. The van der Waals surface area contributed by atoms with Crippen molar-refractivity contribution in [1.82, 2.24) is 5.32 Å². The van der Waals surface area contributed by atoms with Crippen molar-refractivity contribution in [1.29, 1.82) is 0 Å². The first kappa shape index (κ1) is 66.2. The maximum Gasteiger partial charge on any atom is 0.472 e. The van der Waals surface area contributed by atoms with E-state index in [2.05, 4.69) is 38.2 Å². The average molecular weight is 986 g/mol. The quantitative estimate of drug-likeness (QED) is 0.0156. The number of nitrogens with zero attached hydrogens (tertiary/aromatic N) is 1. The Kier molecular flexibility index (Phi) is 46.8. The summed E-state index contributed by atoms with van der Waals surface area (Å²) in [6.45, 7) is 6.82. The van der Waals surface area contributed by atoms with Crippen molar-refractivity contribution in [2.24, 2.45) is 0 Å². The van der Waals surface area contributed by atoms with Crippen LogP contribution in [0.3, 0.4) is 0 Å². The Hall–Kier alpha value is -2.81. The van der Waals surface area contributed by atoms with E-state index >= 15 is 0 Å². The highest BCUT2D eigenvalue weighted by molar-refractivity contribution is 7.47. The van der Waals surface area contributed by atoms with Crippen molar-refractivity contribution in [2.45, 2.75) is 238 Å². The van der Waals surface area contributed by atoms with Crippen molar-refractivity contribution in [2.75, 3.05) is 40.9 Å². The molecule has 3 unspecified atom stereocenters. The van der Waals surface area contributed by atoms with Gasteiger partial charge in [0.25, 0.3) is 0 Å². The molecule has 0 bridgehead atoms. The van der Waals surface area contributed by atoms with Gasteiger partial charge in [-0.05, 0) is 51.0 Å². The van der Waals surface area contributed by atoms with Crippen molar-refractivity contribution in [3.05, 3.63) is 85.1 Å². The molecule has 9 nitrogen and oxygen atoms in total. The number of hydrogen-bond acceptors (Lipinski definition) is 6. The Morgan fingerprint density at radius 3 is 1.41 bits per heavy atom. The van der Waals surface area contributed by atoms with E-state index in [1.165, 1.54) is 122 Å². The minimum atomic E-state index is -4.46. The van der Waals surface area contributed by atoms with Gasteiger partial charge in [0.1, 0.15) is 19.3 Å². The predicted octanol–water partition coefficient (Wildman–Crippen LogP) is 16.7. The maximum absolute atomic E-state index is 13.5. The van der Waals surface area contributed by atoms with Gasteiger partial charge in [-0.25, -0.2) is 4.57 Å². The summed E-state index contributed by atoms with van der Waals surface area (Å²) in [5.74, 6) is -0.557. The topological polar surface area (TPSA) is 111 Å². The van der Waals surface area contributed by atoms with Gasteiger partial charge in [0.15, 0.2) is 0 Å². The van der Waals surface area contributed by atoms with E-state index in [1.54, 1.807) is 0 Å². The van der Waals surface area contributed by atoms with Gasteiger partial charge in [0.2, 0.25) is 5.91 Å². The second-order valence-electron chi connectivity index (χ2n) is 19.9. The van der Waals surface area contributed by atoms with Crippen LogP contribution in [-0.2, 0) is 27.9 Å². The fourth-order valence-corrected chi connectivity index (χ4v) is 8.41. The van der Waals surface area contributed by atoms with Gasteiger partial charge in [0.05, 0.1) is 33.8 Å². The lowest BCUT2D eigenvalue weighted by Gasteiger charge is -2.27. The number of hydrogen-bond donors (Lipinski definition) is 2. The van der Waals surface area contributed by atoms with E-state index < -0.39 is 20.0 Å². The number of phosphoric acid groups is 1. The molecule has 0 aliphatic heterocycles. The predicted molar refractivity (Wildman–Crippen MR) is 295 cm³/mol. The molecule has 398 valence electrons. The number of nitrogens with one attached hydrogen (secondary N) is 1. The summed E-state index contributed by atoms with van der Waals surface area (Å²) in [7, 11) is 1.46. The molecule has 2 N–H and O–H groups in total. The molecule has 0 radical (unpaired) electrons. The van der Waals surface area contributed by atoms with Gasteiger partial charge in [-0.15, -0.1) is 0 Å². The number of phosphoric ester groups is 1. The summed E-state index contributed by atoms with van der Waals surface area (Å²) in [4.78, 5) is 37.5. The maximum atomic E-state index is 13.5. The minimum absolute atomic E-state index is 0.0282. The molecule has 0 aromatic carbocycles. The van der Waals surface area contributed by atoms with Gasteiger partial charge in [0, 0.05) is 12.8 Å². The van der Waals surface area contributed by atoms with Gasteiger partial charge in [-0.2, -0.15) is 0 Å². The first-order valence-corrected chi connectivity index (χ1v) is 29.5. The number of amides is 1. The molecule has 3 atom stereocenters. The van der Waals surface area contributed by atoms with Crippen LogP contribution in [0.1, 0.15) is 226 Å². The molecule has 0 aromatic rings. The van der Waals surface area contributed by atoms with Crippen LogP contribution in [0.5, 0.6) is 0 Å². The number of esters is 1. The monoisotopic (exact) mass is 986 g/mol. The Morgan fingerprint density at radius 2 is 0.928 bits per heavy atom. The zero-order valence-electron chi connectivity index (χ0n) is 45.3. The Bertz CT molecular complexity index is 1460. The van der Waals surface area contributed by atoms with Crippen LogP contribution in [0, 0.1) is 0 Å². The number of carbonyl (C=O) groups is 2. The zero-order chi connectivity index (χ0) is 50.8. The van der Waals surface area contributed by atoms with E-state index in [-0.39, 0.29) is 37.9 Å². The standard InChI is InChI=1S/C59H105N2O7P/c1-7-10-13-16-19-22-25-28-29-30-31-34-36-39-42-45-48-51-58(62)60-56(55-67-69(64,65)66-54-53-61(4,5)6)57(50-47-44-41-38-35-32-26-23-20-17-14-11-8-2)68-59(63)52-49-46-43-40-37-33-27-24-21-18-15-12-9-3/h10,13,16,19,22,25,28-31,34,36,47,50,56-57H,7-9,11-12,14-15,17-18,20-21,23-24,26-27,32-33,35,37-46,48-49,51-55H2,1-6H3,(H-,60,62,64,65)/p+1/b13-10-,19-16+,25-22+,29-28-,31-30+,36-34+,50-47+. The van der Waals surface area contributed by atoms with E-state index in [0.29, 0.717) is 17.4 Å². The number of rotatable bonds is 49. The minimum Gasteiger partial charge on any atom is -0.456 e. The lowest BCUT2D eigenvalue weighted by Crippen LogP contribution is -2.47. The summed E-state index contributed by atoms with van der Waals surface area (Å²) in [6.07, 6.45) is 62.9. The lowest BCUT2D eigenvalue weighted by molar-refractivity contribution is -0.870. The number of likely N-dealkylation sites (N-methyl/N-ethyl adjacent to an activating group) is 1. The molecule has 69 heavy (non-hydrogen) atoms. The van der Waals surface area contributed by atoms with Gasteiger partial charge in [-0.1, -0.05) is 247 Å². The zero-order valence-corrected chi connectivity index (χ0v) is 46.2. The summed E-state index contributed by atoms with van der Waals surface area (Å²) in [5.41, 5.74) is 0. The SMILES string of the molecule is CC\C=C/C=C/C=C/C=C\C=C\C=C\CCCCCC(=O)NC(COP(=O)(O)OCC[N+](C)(C)C)C(/C=C/CCCCCCCCCCCCC)OC(=O)CCCCCCCCCCCCCCC. The smallest absolute Gasteiger partial charge is 0.456 e.